The molecule has 1 N–H and O–H groups in total. The maximum absolute atomic E-state index is 13.5. The number of hydrogen-bond acceptors (Lipinski definition) is 5. The average Bonchev–Trinajstić information content (AvgIpc) is 3.04. The van der Waals surface area contributed by atoms with Crippen molar-refractivity contribution < 1.29 is 9.90 Å². The predicted octanol–water partition coefficient (Wildman–Crippen LogP) is 3.86. The molecule has 1 aliphatic rings. The van der Waals surface area contributed by atoms with Gasteiger partial charge in [-0.25, -0.2) is 4.98 Å². The van der Waals surface area contributed by atoms with E-state index in [2.05, 4.69) is 12.6 Å². The van der Waals surface area contributed by atoms with Crippen molar-refractivity contribution in [3.05, 3.63) is 100 Å². The first-order valence-corrected chi connectivity index (χ1v) is 10.3. The highest BCUT2D eigenvalue weighted by Gasteiger charge is 2.40. The summed E-state index contributed by atoms with van der Waals surface area (Å²) >= 11 is 4.55. The standard InChI is InChI=1S/C24H19N3O3S/c1-14(27-22(28)15-8-2-3-9-16(15)23(27)29)21-20(17-10-4-5-11-18(17)31)24(30)26-13-7-6-12-19(26)25-21/h2-14,22,28,31H,1H3. The van der Waals surface area contributed by atoms with Gasteiger partial charge in [-0.2, -0.15) is 0 Å². The number of nitrogens with zero attached hydrogens (tertiary/aromatic N) is 3. The molecule has 1 amide bonds. The lowest BCUT2D eigenvalue weighted by atomic mass is 10.0. The number of benzene rings is 2. The van der Waals surface area contributed by atoms with Crippen LogP contribution in [-0.4, -0.2) is 25.3 Å². The minimum Gasteiger partial charge on any atom is -0.369 e. The van der Waals surface area contributed by atoms with E-state index < -0.39 is 12.3 Å². The lowest BCUT2D eigenvalue weighted by Gasteiger charge is -2.29. The summed E-state index contributed by atoms with van der Waals surface area (Å²) in [5, 5.41) is 10.9. The Morgan fingerprint density at radius 1 is 0.968 bits per heavy atom. The molecule has 0 spiro atoms. The van der Waals surface area contributed by atoms with Crippen LogP contribution in [0.5, 0.6) is 0 Å². The fourth-order valence-electron chi connectivity index (χ4n) is 4.18. The lowest BCUT2D eigenvalue weighted by molar-refractivity contribution is -0.000983. The molecule has 7 heteroatoms. The summed E-state index contributed by atoms with van der Waals surface area (Å²) in [5.74, 6) is -0.296. The topological polar surface area (TPSA) is 74.9 Å². The lowest BCUT2D eigenvalue weighted by Crippen LogP contribution is -2.33. The zero-order chi connectivity index (χ0) is 21.7. The molecule has 2 atom stereocenters. The summed E-state index contributed by atoms with van der Waals surface area (Å²) in [6.45, 7) is 1.78. The van der Waals surface area contributed by atoms with Gasteiger partial charge < -0.3 is 10.0 Å². The van der Waals surface area contributed by atoms with Gasteiger partial charge in [0.15, 0.2) is 6.23 Å². The van der Waals surface area contributed by atoms with E-state index in [-0.39, 0.29) is 11.5 Å². The first-order valence-electron chi connectivity index (χ1n) is 9.88. The molecule has 31 heavy (non-hydrogen) atoms. The average molecular weight is 430 g/mol. The Hall–Kier alpha value is -3.42. The predicted molar refractivity (Wildman–Crippen MR) is 120 cm³/mol. The molecule has 0 bridgehead atoms. The molecule has 2 aromatic carbocycles. The highest BCUT2D eigenvalue weighted by molar-refractivity contribution is 7.80. The largest absolute Gasteiger partial charge is 0.369 e. The van der Waals surface area contributed by atoms with Crippen molar-refractivity contribution in [2.75, 3.05) is 0 Å². The summed E-state index contributed by atoms with van der Waals surface area (Å²) < 4.78 is 1.47. The van der Waals surface area contributed by atoms with Crippen LogP contribution >= 0.6 is 12.6 Å². The van der Waals surface area contributed by atoms with Crippen molar-refractivity contribution in [1.29, 1.82) is 0 Å². The minimum absolute atomic E-state index is 0.257. The van der Waals surface area contributed by atoms with Gasteiger partial charge in [0.2, 0.25) is 0 Å². The van der Waals surface area contributed by atoms with E-state index in [0.29, 0.717) is 38.5 Å². The Morgan fingerprint density at radius 3 is 2.39 bits per heavy atom. The number of carbonyl (C=O) groups excluding carboxylic acids is 1. The molecule has 2 aromatic heterocycles. The number of thiol groups is 1. The van der Waals surface area contributed by atoms with Crippen LogP contribution in [0.15, 0.2) is 82.6 Å². The smallest absolute Gasteiger partial charge is 0.266 e. The summed E-state index contributed by atoms with van der Waals surface area (Å²) in [5.41, 5.74) is 2.61. The summed E-state index contributed by atoms with van der Waals surface area (Å²) in [4.78, 5) is 33.4. The number of hydrogen-bond donors (Lipinski definition) is 2. The number of aliphatic hydroxyl groups is 1. The Morgan fingerprint density at radius 2 is 1.65 bits per heavy atom. The van der Waals surface area contributed by atoms with Gasteiger partial charge in [0.05, 0.1) is 17.3 Å². The van der Waals surface area contributed by atoms with Crippen LogP contribution in [0.2, 0.25) is 0 Å². The van der Waals surface area contributed by atoms with Gasteiger partial charge >= 0.3 is 0 Å². The number of carbonyl (C=O) groups is 1. The van der Waals surface area contributed by atoms with Crippen molar-refractivity contribution in [2.45, 2.75) is 24.1 Å². The Bertz CT molecular complexity index is 1400. The summed E-state index contributed by atoms with van der Waals surface area (Å²) in [6, 6.07) is 18.9. The van der Waals surface area contributed by atoms with E-state index in [0.717, 1.165) is 0 Å². The van der Waals surface area contributed by atoms with E-state index in [9.17, 15) is 14.7 Å². The first-order chi connectivity index (χ1) is 15.0. The van der Waals surface area contributed by atoms with Crippen LogP contribution in [0.3, 0.4) is 0 Å². The molecular formula is C24H19N3O3S. The van der Waals surface area contributed by atoms with Crippen LogP contribution in [0.25, 0.3) is 16.8 Å². The number of pyridine rings is 1. The SMILES string of the molecule is CC(c1nc2ccccn2c(=O)c1-c1ccccc1S)N1C(=O)c2ccccc2C1O. The highest BCUT2D eigenvalue weighted by atomic mass is 32.1. The molecule has 0 saturated carbocycles. The Kier molecular flexibility index (Phi) is 4.64. The van der Waals surface area contributed by atoms with Crippen molar-refractivity contribution in [3.63, 3.8) is 0 Å². The van der Waals surface area contributed by atoms with Gasteiger partial charge in [0.1, 0.15) is 5.65 Å². The molecule has 0 radical (unpaired) electrons. The number of aromatic nitrogens is 2. The zero-order valence-electron chi connectivity index (χ0n) is 16.6. The van der Waals surface area contributed by atoms with Crippen molar-refractivity contribution >= 4 is 24.2 Å². The monoisotopic (exact) mass is 429 g/mol. The van der Waals surface area contributed by atoms with Gasteiger partial charge in [-0.1, -0.05) is 42.5 Å². The van der Waals surface area contributed by atoms with Crippen LogP contribution in [0, 0.1) is 0 Å². The second-order valence-electron chi connectivity index (χ2n) is 7.47. The molecule has 3 heterocycles. The van der Waals surface area contributed by atoms with Gasteiger partial charge in [0, 0.05) is 27.8 Å². The second kappa shape index (κ2) is 7.37. The van der Waals surface area contributed by atoms with Crippen molar-refractivity contribution in [3.8, 4) is 11.1 Å². The van der Waals surface area contributed by atoms with Crippen LogP contribution in [-0.2, 0) is 0 Å². The summed E-state index contributed by atoms with van der Waals surface area (Å²) in [7, 11) is 0. The van der Waals surface area contributed by atoms with Crippen LogP contribution in [0.1, 0.15) is 40.8 Å². The van der Waals surface area contributed by atoms with Crippen molar-refractivity contribution in [2.24, 2.45) is 0 Å². The first kappa shape index (κ1) is 19.5. The number of rotatable bonds is 3. The molecule has 0 fully saturated rings. The maximum Gasteiger partial charge on any atom is 0.266 e. The van der Waals surface area contributed by atoms with Crippen LogP contribution < -0.4 is 5.56 Å². The molecule has 5 rings (SSSR count). The fraction of sp³-hybridized carbons (Fsp3) is 0.125. The van der Waals surface area contributed by atoms with E-state index in [1.807, 2.05) is 18.2 Å². The van der Waals surface area contributed by atoms with E-state index in [1.165, 1.54) is 9.30 Å². The Labute approximate surface area is 183 Å². The van der Waals surface area contributed by atoms with E-state index in [4.69, 9.17) is 4.98 Å². The Balaban J connectivity index is 1.75. The van der Waals surface area contributed by atoms with Gasteiger partial charge in [0.25, 0.3) is 11.5 Å². The van der Waals surface area contributed by atoms with Crippen LogP contribution in [0.4, 0.5) is 0 Å². The number of aliphatic hydroxyl groups excluding tert-OH is 1. The molecular weight excluding hydrogens is 410 g/mol. The molecule has 6 nitrogen and oxygen atoms in total. The maximum atomic E-state index is 13.5. The van der Waals surface area contributed by atoms with Gasteiger partial charge in [-0.15, -0.1) is 12.6 Å². The van der Waals surface area contributed by atoms with Gasteiger partial charge in [-0.05, 0) is 31.2 Å². The fourth-order valence-corrected chi connectivity index (χ4v) is 4.46. The molecule has 154 valence electrons. The molecule has 0 saturated heterocycles. The van der Waals surface area contributed by atoms with Crippen molar-refractivity contribution in [1.82, 2.24) is 14.3 Å². The minimum atomic E-state index is -1.12. The van der Waals surface area contributed by atoms with E-state index in [1.54, 1.807) is 61.7 Å². The van der Waals surface area contributed by atoms with Gasteiger partial charge in [-0.3, -0.25) is 14.0 Å². The molecule has 4 aromatic rings. The molecule has 2 unspecified atom stereocenters. The molecule has 1 aliphatic heterocycles. The highest BCUT2D eigenvalue weighted by Crippen LogP contribution is 2.40. The summed E-state index contributed by atoms with van der Waals surface area (Å²) in [6.07, 6.45) is 0.545. The third-order valence-electron chi connectivity index (χ3n) is 5.72. The third kappa shape index (κ3) is 2.97. The quantitative estimate of drug-likeness (QED) is 0.485. The normalized spacial score (nSPS) is 16.5. The number of amides is 1. The second-order valence-corrected chi connectivity index (χ2v) is 7.95. The third-order valence-corrected chi connectivity index (χ3v) is 6.11. The zero-order valence-corrected chi connectivity index (χ0v) is 17.5. The van der Waals surface area contributed by atoms with E-state index >= 15 is 0 Å². The molecule has 0 aliphatic carbocycles. The number of fused-ring (bicyclic) bond motifs is 2.